The van der Waals surface area contributed by atoms with Gasteiger partial charge in [0.15, 0.2) is 0 Å². The molecule has 3 heterocycles. The molecule has 1 atom stereocenters. The van der Waals surface area contributed by atoms with Crippen LogP contribution >= 0.6 is 11.8 Å². The van der Waals surface area contributed by atoms with Crippen LogP contribution in [0.2, 0.25) is 0 Å². The normalized spacial score (nSPS) is 21.3. The number of carbonyl (C=O) groups is 3. The van der Waals surface area contributed by atoms with Gasteiger partial charge in [-0.25, -0.2) is 6.57 Å². The Morgan fingerprint density at radius 2 is 1.88 bits per heavy atom. The first-order valence-corrected chi connectivity index (χ1v) is 12.5. The topological polar surface area (TPSA) is 74.1 Å². The van der Waals surface area contributed by atoms with E-state index in [4.69, 9.17) is 6.57 Å². The summed E-state index contributed by atoms with van der Waals surface area (Å²) in [5.74, 6) is 0.279. The number of amides is 3. The molecule has 2 saturated heterocycles. The first kappa shape index (κ1) is 22.8. The number of benzene rings is 1. The summed E-state index contributed by atoms with van der Waals surface area (Å²) in [5.41, 5.74) is 1.70. The van der Waals surface area contributed by atoms with E-state index in [-0.39, 0.29) is 30.2 Å². The Kier molecular flexibility index (Phi) is 7.48. The van der Waals surface area contributed by atoms with Gasteiger partial charge < -0.3 is 9.74 Å². The molecule has 0 aliphatic carbocycles. The quantitative estimate of drug-likeness (QED) is 0.255. The standard InChI is InChI=1S/C24H30N4O3S/c1-25-17-14-27(15-17)12-5-3-2-4-6-13-32-21-9-7-8-18-19(21)16-28(24(18)31)20-10-11-22(29)26-23(20)30/h7-9,17,20H,2-6,10-16H2,(H,26,29,30). The van der Waals surface area contributed by atoms with E-state index in [1.54, 1.807) is 16.7 Å². The van der Waals surface area contributed by atoms with E-state index < -0.39 is 6.04 Å². The summed E-state index contributed by atoms with van der Waals surface area (Å²) in [7, 11) is 0. The summed E-state index contributed by atoms with van der Waals surface area (Å²) in [6.07, 6.45) is 6.69. The molecule has 0 spiro atoms. The molecule has 3 amide bonds. The van der Waals surface area contributed by atoms with Crippen LogP contribution < -0.4 is 5.32 Å². The molecular weight excluding hydrogens is 424 g/mol. The molecule has 1 N–H and O–H groups in total. The summed E-state index contributed by atoms with van der Waals surface area (Å²) in [4.78, 5) is 45.2. The maximum absolute atomic E-state index is 12.9. The summed E-state index contributed by atoms with van der Waals surface area (Å²) in [6.45, 7) is 10.4. The van der Waals surface area contributed by atoms with Gasteiger partial charge in [0.05, 0.1) is 13.1 Å². The number of nitrogens with zero attached hydrogens (tertiary/aromatic N) is 3. The molecule has 2 fully saturated rings. The number of likely N-dealkylation sites (tertiary alicyclic amines) is 1. The van der Waals surface area contributed by atoms with Crippen LogP contribution in [-0.4, -0.2) is 65.0 Å². The van der Waals surface area contributed by atoms with Crippen LogP contribution in [0, 0.1) is 6.57 Å². The van der Waals surface area contributed by atoms with Crippen molar-refractivity contribution in [1.29, 1.82) is 0 Å². The van der Waals surface area contributed by atoms with Gasteiger partial charge in [-0.1, -0.05) is 25.3 Å². The highest BCUT2D eigenvalue weighted by atomic mass is 32.2. The van der Waals surface area contributed by atoms with Gasteiger partial charge in [-0.05, 0) is 49.3 Å². The molecule has 0 saturated carbocycles. The Morgan fingerprint density at radius 3 is 2.66 bits per heavy atom. The molecule has 3 aliphatic rings. The smallest absolute Gasteiger partial charge is 0.255 e. The minimum Gasteiger partial charge on any atom is -0.322 e. The lowest BCUT2D eigenvalue weighted by Crippen LogP contribution is -2.52. The molecule has 1 unspecified atom stereocenters. The molecule has 7 nitrogen and oxygen atoms in total. The predicted octanol–water partition coefficient (Wildman–Crippen LogP) is 3.09. The van der Waals surface area contributed by atoms with Crippen molar-refractivity contribution in [2.75, 3.05) is 25.4 Å². The predicted molar refractivity (Wildman–Crippen MR) is 123 cm³/mol. The number of carbonyl (C=O) groups excluding carboxylic acids is 3. The van der Waals surface area contributed by atoms with Gasteiger partial charge in [-0.15, -0.1) is 11.8 Å². The second-order valence-corrected chi connectivity index (χ2v) is 9.98. The molecular formula is C24H30N4O3S. The number of unbranched alkanes of at least 4 members (excludes halogenated alkanes) is 4. The lowest BCUT2D eigenvalue weighted by atomic mass is 10.0. The van der Waals surface area contributed by atoms with E-state index in [2.05, 4.69) is 21.1 Å². The highest BCUT2D eigenvalue weighted by molar-refractivity contribution is 7.99. The SMILES string of the molecule is [C-]#[N+]C1CN(CCCCCCCSc2cccc3c2CN(C2CCC(=O)NC2=O)C3=O)C1. The Hall–Kier alpha value is -2.37. The van der Waals surface area contributed by atoms with Crippen molar-refractivity contribution < 1.29 is 14.4 Å². The van der Waals surface area contributed by atoms with Gasteiger partial charge in [0.25, 0.3) is 5.91 Å². The number of imide groups is 1. The average molecular weight is 455 g/mol. The number of nitrogens with one attached hydrogen (secondary N) is 1. The molecule has 170 valence electrons. The molecule has 0 aromatic heterocycles. The zero-order valence-corrected chi connectivity index (χ0v) is 19.2. The van der Waals surface area contributed by atoms with E-state index >= 15 is 0 Å². The minimum absolute atomic E-state index is 0.109. The summed E-state index contributed by atoms with van der Waals surface area (Å²) in [6, 6.07) is 5.49. The lowest BCUT2D eigenvalue weighted by molar-refractivity contribution is -0.136. The van der Waals surface area contributed by atoms with Crippen molar-refractivity contribution in [2.45, 2.75) is 68.5 Å². The zero-order chi connectivity index (χ0) is 22.5. The molecule has 1 aromatic rings. The second-order valence-electron chi connectivity index (χ2n) is 8.84. The van der Waals surface area contributed by atoms with E-state index in [0.717, 1.165) is 42.3 Å². The number of thioether (sulfide) groups is 1. The number of rotatable bonds is 10. The fourth-order valence-corrected chi connectivity index (χ4v) is 5.74. The third-order valence-corrected chi connectivity index (χ3v) is 7.72. The first-order chi connectivity index (χ1) is 15.6. The Morgan fingerprint density at radius 1 is 1.09 bits per heavy atom. The van der Waals surface area contributed by atoms with Crippen molar-refractivity contribution in [3.63, 3.8) is 0 Å². The lowest BCUT2D eigenvalue weighted by Gasteiger charge is -2.31. The van der Waals surface area contributed by atoms with Gasteiger partial charge in [0.1, 0.15) is 6.04 Å². The van der Waals surface area contributed by atoms with Gasteiger partial charge in [-0.2, -0.15) is 0 Å². The third kappa shape index (κ3) is 5.16. The monoisotopic (exact) mass is 454 g/mol. The average Bonchev–Trinajstić information content (AvgIpc) is 3.08. The maximum Gasteiger partial charge on any atom is 0.255 e. The Labute approximate surface area is 193 Å². The van der Waals surface area contributed by atoms with E-state index in [1.165, 1.54) is 25.7 Å². The van der Waals surface area contributed by atoms with Crippen molar-refractivity contribution in [2.24, 2.45) is 0 Å². The summed E-state index contributed by atoms with van der Waals surface area (Å²) in [5, 5.41) is 2.36. The van der Waals surface area contributed by atoms with Crippen molar-refractivity contribution in [1.82, 2.24) is 15.1 Å². The molecule has 32 heavy (non-hydrogen) atoms. The van der Waals surface area contributed by atoms with Crippen LogP contribution in [0.5, 0.6) is 0 Å². The van der Waals surface area contributed by atoms with Crippen LogP contribution in [0.3, 0.4) is 0 Å². The van der Waals surface area contributed by atoms with Gasteiger partial charge >= 0.3 is 0 Å². The number of fused-ring (bicyclic) bond motifs is 1. The fourth-order valence-electron chi connectivity index (χ4n) is 4.65. The van der Waals surface area contributed by atoms with Crippen molar-refractivity contribution in [3.8, 4) is 0 Å². The molecule has 1 aromatic carbocycles. The van der Waals surface area contributed by atoms with Crippen LogP contribution in [0.15, 0.2) is 23.1 Å². The van der Waals surface area contributed by atoms with E-state index in [0.29, 0.717) is 18.5 Å². The molecule has 0 bridgehead atoms. The summed E-state index contributed by atoms with van der Waals surface area (Å²) >= 11 is 1.79. The molecule has 8 heteroatoms. The molecule has 4 rings (SSSR count). The van der Waals surface area contributed by atoms with Crippen molar-refractivity contribution >= 4 is 29.5 Å². The second kappa shape index (κ2) is 10.5. The van der Waals surface area contributed by atoms with E-state index in [9.17, 15) is 14.4 Å². The number of hydrogen-bond donors (Lipinski definition) is 1. The number of piperidine rings is 1. The van der Waals surface area contributed by atoms with Gasteiger partial charge in [0, 0.05) is 23.4 Å². The highest BCUT2D eigenvalue weighted by Gasteiger charge is 2.39. The first-order valence-electron chi connectivity index (χ1n) is 11.5. The molecule has 0 radical (unpaired) electrons. The van der Waals surface area contributed by atoms with Crippen LogP contribution in [0.4, 0.5) is 0 Å². The zero-order valence-electron chi connectivity index (χ0n) is 18.3. The van der Waals surface area contributed by atoms with Gasteiger partial charge in [-0.3, -0.25) is 24.6 Å². The van der Waals surface area contributed by atoms with Crippen LogP contribution in [0.1, 0.15) is 60.9 Å². The van der Waals surface area contributed by atoms with Gasteiger partial charge in [0.2, 0.25) is 17.9 Å². The minimum atomic E-state index is -0.561. The third-order valence-electron chi connectivity index (χ3n) is 6.54. The Bertz CT molecular complexity index is 922. The fraction of sp³-hybridized carbons (Fsp3) is 0.583. The largest absolute Gasteiger partial charge is 0.322 e. The van der Waals surface area contributed by atoms with E-state index in [1.807, 2.05) is 12.1 Å². The summed E-state index contributed by atoms with van der Waals surface area (Å²) < 4.78 is 0. The van der Waals surface area contributed by atoms with Crippen LogP contribution in [0.25, 0.3) is 4.85 Å². The van der Waals surface area contributed by atoms with Crippen LogP contribution in [-0.2, 0) is 16.1 Å². The highest BCUT2D eigenvalue weighted by Crippen LogP contribution is 2.34. The van der Waals surface area contributed by atoms with Crippen molar-refractivity contribution in [3.05, 3.63) is 40.7 Å². The maximum atomic E-state index is 12.9. The Balaban J connectivity index is 1.18. The molecule has 3 aliphatic heterocycles. The number of hydrogen-bond acceptors (Lipinski definition) is 5.